The highest BCUT2D eigenvalue weighted by molar-refractivity contribution is 6.02. The largest absolute Gasteiger partial charge is 0.509 e. The lowest BCUT2D eigenvalue weighted by Gasteiger charge is -2.34. The Labute approximate surface area is 244 Å². The SMILES string of the molecule is C=Cc1ccc(CC2(C)NC(c3ccccc3)c3cc(C)ccc3N(CC(/C=C\C)=C/C(=C)O)C2=O)cc1/C=C\C. The van der Waals surface area contributed by atoms with Crippen molar-refractivity contribution < 1.29 is 9.90 Å². The van der Waals surface area contributed by atoms with Crippen LogP contribution < -0.4 is 10.2 Å². The molecule has 0 saturated heterocycles. The molecule has 41 heavy (non-hydrogen) atoms. The first kappa shape index (κ1) is 29.6. The molecule has 0 spiro atoms. The summed E-state index contributed by atoms with van der Waals surface area (Å²) < 4.78 is 0. The molecule has 1 aliphatic heterocycles. The molecule has 2 N–H and O–H groups in total. The number of aryl methyl sites for hydroxylation is 1. The first-order chi connectivity index (χ1) is 19.7. The predicted molar refractivity (Wildman–Crippen MR) is 173 cm³/mol. The third-order valence-electron chi connectivity index (χ3n) is 7.45. The van der Waals surface area contributed by atoms with Gasteiger partial charge >= 0.3 is 0 Å². The molecule has 0 saturated carbocycles. The van der Waals surface area contributed by atoms with Crippen LogP contribution in [0.5, 0.6) is 0 Å². The average molecular weight is 545 g/mol. The van der Waals surface area contributed by atoms with Gasteiger partial charge in [-0.25, -0.2) is 0 Å². The van der Waals surface area contributed by atoms with Gasteiger partial charge in [0, 0.05) is 5.69 Å². The first-order valence-corrected chi connectivity index (χ1v) is 14.0. The molecule has 0 fully saturated rings. The molecule has 4 rings (SSSR count). The number of nitrogens with one attached hydrogen (secondary N) is 1. The summed E-state index contributed by atoms with van der Waals surface area (Å²) in [6.07, 6.45) is 11.8. The van der Waals surface area contributed by atoms with Crippen LogP contribution in [0.4, 0.5) is 5.69 Å². The summed E-state index contributed by atoms with van der Waals surface area (Å²) in [5.74, 6) is -0.0910. The quantitative estimate of drug-likeness (QED) is 0.211. The van der Waals surface area contributed by atoms with E-state index in [4.69, 9.17) is 0 Å². The summed E-state index contributed by atoms with van der Waals surface area (Å²) in [6, 6.07) is 22.6. The number of aliphatic hydroxyl groups is 1. The summed E-state index contributed by atoms with van der Waals surface area (Å²) in [6.45, 7) is 15.9. The fraction of sp³-hybridized carbons (Fsp3) is 0.216. The Morgan fingerprint density at radius 3 is 2.46 bits per heavy atom. The molecule has 2 atom stereocenters. The number of hydrogen-bond acceptors (Lipinski definition) is 3. The minimum Gasteiger partial charge on any atom is -0.509 e. The van der Waals surface area contributed by atoms with Gasteiger partial charge in [0.2, 0.25) is 5.91 Å². The van der Waals surface area contributed by atoms with Gasteiger partial charge in [0.15, 0.2) is 0 Å². The topological polar surface area (TPSA) is 52.6 Å². The zero-order valence-electron chi connectivity index (χ0n) is 24.5. The van der Waals surface area contributed by atoms with Crippen molar-refractivity contribution in [3.8, 4) is 0 Å². The van der Waals surface area contributed by atoms with Crippen molar-refractivity contribution in [3.63, 3.8) is 0 Å². The van der Waals surface area contributed by atoms with E-state index in [1.807, 2.05) is 80.3 Å². The third-order valence-corrected chi connectivity index (χ3v) is 7.45. The average Bonchev–Trinajstić information content (AvgIpc) is 3.02. The smallest absolute Gasteiger partial charge is 0.247 e. The fourth-order valence-electron chi connectivity index (χ4n) is 5.62. The van der Waals surface area contributed by atoms with E-state index in [9.17, 15) is 9.90 Å². The number of benzene rings is 3. The first-order valence-electron chi connectivity index (χ1n) is 14.0. The molecular weight excluding hydrogens is 504 g/mol. The summed E-state index contributed by atoms with van der Waals surface area (Å²) in [5.41, 5.74) is 7.09. The van der Waals surface area contributed by atoms with Crippen molar-refractivity contribution in [2.24, 2.45) is 0 Å². The van der Waals surface area contributed by atoms with Crippen LogP contribution in [0, 0.1) is 6.92 Å². The zero-order chi connectivity index (χ0) is 29.6. The lowest BCUT2D eigenvalue weighted by Crippen LogP contribution is -2.57. The van der Waals surface area contributed by atoms with Crippen LogP contribution in [-0.4, -0.2) is 23.1 Å². The maximum absolute atomic E-state index is 14.8. The molecule has 1 heterocycles. The van der Waals surface area contributed by atoms with Crippen molar-refractivity contribution in [3.05, 3.63) is 149 Å². The third kappa shape index (κ3) is 6.67. The lowest BCUT2D eigenvalue weighted by molar-refractivity contribution is -0.124. The van der Waals surface area contributed by atoms with Crippen molar-refractivity contribution in [1.82, 2.24) is 5.32 Å². The molecule has 1 aliphatic rings. The van der Waals surface area contributed by atoms with Gasteiger partial charge in [-0.05, 0) is 79.6 Å². The second-order valence-electron chi connectivity index (χ2n) is 10.8. The van der Waals surface area contributed by atoms with Crippen LogP contribution in [0.3, 0.4) is 0 Å². The van der Waals surface area contributed by atoms with E-state index in [1.165, 1.54) is 0 Å². The predicted octanol–water partition coefficient (Wildman–Crippen LogP) is 8.27. The van der Waals surface area contributed by atoms with Crippen LogP contribution >= 0.6 is 0 Å². The fourth-order valence-corrected chi connectivity index (χ4v) is 5.62. The molecule has 3 aromatic carbocycles. The van der Waals surface area contributed by atoms with E-state index < -0.39 is 5.54 Å². The number of rotatable bonds is 9. The molecule has 0 bridgehead atoms. The summed E-state index contributed by atoms with van der Waals surface area (Å²) >= 11 is 0. The lowest BCUT2D eigenvalue weighted by atomic mass is 9.87. The minimum absolute atomic E-state index is 0.0413. The number of allylic oxidation sites excluding steroid dienone is 3. The Kier molecular flexibility index (Phi) is 9.26. The maximum atomic E-state index is 14.8. The van der Waals surface area contributed by atoms with E-state index in [0.29, 0.717) is 6.42 Å². The highest BCUT2D eigenvalue weighted by Gasteiger charge is 2.43. The molecule has 3 aromatic rings. The number of aliphatic hydroxyl groups excluding tert-OH is 1. The van der Waals surface area contributed by atoms with Gasteiger partial charge < -0.3 is 10.0 Å². The Balaban J connectivity index is 1.91. The number of fused-ring (bicyclic) bond motifs is 1. The number of carbonyl (C=O) groups is 1. The van der Waals surface area contributed by atoms with Gasteiger partial charge in [-0.15, -0.1) is 0 Å². The monoisotopic (exact) mass is 544 g/mol. The molecule has 0 aliphatic carbocycles. The number of anilines is 1. The van der Waals surface area contributed by atoms with E-state index in [0.717, 1.165) is 44.6 Å². The summed E-state index contributed by atoms with van der Waals surface area (Å²) in [7, 11) is 0. The molecule has 4 heteroatoms. The van der Waals surface area contributed by atoms with Crippen molar-refractivity contribution in [2.75, 3.05) is 11.4 Å². The molecule has 2 unspecified atom stereocenters. The second-order valence-corrected chi connectivity index (χ2v) is 10.8. The van der Waals surface area contributed by atoms with E-state index >= 15 is 0 Å². The van der Waals surface area contributed by atoms with Gasteiger partial charge in [0.05, 0.1) is 12.6 Å². The van der Waals surface area contributed by atoms with Crippen LogP contribution in [0.25, 0.3) is 12.2 Å². The summed E-state index contributed by atoms with van der Waals surface area (Å²) in [5, 5.41) is 13.8. The summed E-state index contributed by atoms with van der Waals surface area (Å²) in [4.78, 5) is 16.6. The molecule has 4 nitrogen and oxygen atoms in total. The van der Waals surface area contributed by atoms with Crippen LogP contribution in [-0.2, 0) is 11.2 Å². The van der Waals surface area contributed by atoms with Gasteiger partial charge in [-0.3, -0.25) is 10.1 Å². The normalized spacial score (nSPS) is 19.4. The molecule has 0 radical (unpaired) electrons. The van der Waals surface area contributed by atoms with Crippen molar-refractivity contribution in [2.45, 2.75) is 45.7 Å². The molecular formula is C37H40N2O2. The zero-order valence-corrected chi connectivity index (χ0v) is 24.5. The number of carbonyl (C=O) groups excluding carboxylic acids is 1. The van der Waals surface area contributed by atoms with Crippen molar-refractivity contribution in [1.29, 1.82) is 0 Å². The second kappa shape index (κ2) is 12.8. The van der Waals surface area contributed by atoms with Gasteiger partial charge in [0.25, 0.3) is 0 Å². The Morgan fingerprint density at radius 1 is 1.05 bits per heavy atom. The Bertz CT molecular complexity index is 1530. The minimum atomic E-state index is -0.951. The van der Waals surface area contributed by atoms with E-state index in [1.54, 1.807) is 6.08 Å². The highest BCUT2D eigenvalue weighted by Crippen LogP contribution is 2.39. The van der Waals surface area contributed by atoms with Crippen LogP contribution in [0.1, 0.15) is 60.2 Å². The van der Waals surface area contributed by atoms with Gasteiger partial charge in [-0.1, -0.05) is 110 Å². The van der Waals surface area contributed by atoms with E-state index in [-0.39, 0.29) is 24.3 Å². The van der Waals surface area contributed by atoms with Gasteiger partial charge in [0.1, 0.15) is 11.3 Å². The molecule has 210 valence electrons. The maximum Gasteiger partial charge on any atom is 0.247 e. The van der Waals surface area contributed by atoms with Crippen molar-refractivity contribution >= 4 is 23.7 Å². The van der Waals surface area contributed by atoms with Crippen LogP contribution in [0.2, 0.25) is 0 Å². The van der Waals surface area contributed by atoms with Gasteiger partial charge in [-0.2, -0.15) is 0 Å². The number of hydrogen-bond donors (Lipinski definition) is 2. The Hall–Kier alpha value is -4.41. The number of nitrogens with zero attached hydrogens (tertiary/aromatic N) is 1. The van der Waals surface area contributed by atoms with E-state index in [2.05, 4.69) is 67.9 Å². The van der Waals surface area contributed by atoms with Crippen LogP contribution in [0.15, 0.2) is 116 Å². The molecule has 1 amide bonds. The Morgan fingerprint density at radius 2 is 1.80 bits per heavy atom. The standard InChI is InChI=1S/C37H40N2O2/c1-7-13-29(22-27(5)40)25-39-34-20-17-26(4)21-33(34)35(31-15-11-10-12-16-31)38-37(6,36(39)41)24-28-18-19-30(9-3)32(23-28)14-8-2/h7-23,35,38,40H,3,5,24-25H2,1-2,4,6H3/b13-7-,14-8-,29-22+. The number of amides is 1. The highest BCUT2D eigenvalue weighted by atomic mass is 16.3. The molecule has 0 aromatic heterocycles.